The third kappa shape index (κ3) is 2.25. The summed E-state index contributed by atoms with van der Waals surface area (Å²) in [5.74, 6) is -0.208. The van der Waals surface area contributed by atoms with Crippen molar-refractivity contribution >= 4 is 5.97 Å². The average Bonchev–Trinajstić information content (AvgIpc) is 2.91. The van der Waals surface area contributed by atoms with E-state index in [0.717, 1.165) is 45.4 Å². The molecular formula is C10H18N2O2. The average molecular weight is 198 g/mol. The highest BCUT2D eigenvalue weighted by Crippen LogP contribution is 2.35. The van der Waals surface area contributed by atoms with Gasteiger partial charge in [-0.3, -0.25) is 9.69 Å². The first-order valence-corrected chi connectivity index (χ1v) is 5.46. The molecule has 0 aromatic carbocycles. The quantitative estimate of drug-likeness (QED) is 0.677. The highest BCUT2D eigenvalue weighted by atomic mass is 16.4. The molecule has 1 heterocycles. The molecule has 1 saturated heterocycles. The highest BCUT2D eigenvalue weighted by molar-refractivity contribution is 5.74. The van der Waals surface area contributed by atoms with Gasteiger partial charge in [0, 0.05) is 19.6 Å². The minimum Gasteiger partial charge on any atom is -0.480 e. The van der Waals surface area contributed by atoms with Gasteiger partial charge in [0.05, 0.1) is 0 Å². The van der Waals surface area contributed by atoms with E-state index in [0.29, 0.717) is 5.92 Å². The standard InChI is InChI=1S/C10H18N2O2/c13-10(14)9(8-2-3-8)12-6-1-4-11-5-7-12/h8-9,11H,1-7H2,(H,13,14). The summed E-state index contributed by atoms with van der Waals surface area (Å²) in [6, 6.07) is -0.213. The highest BCUT2D eigenvalue weighted by Gasteiger charge is 2.40. The number of hydrogen-bond donors (Lipinski definition) is 2. The zero-order valence-electron chi connectivity index (χ0n) is 8.41. The van der Waals surface area contributed by atoms with Crippen LogP contribution in [-0.2, 0) is 4.79 Å². The number of rotatable bonds is 3. The summed E-state index contributed by atoms with van der Waals surface area (Å²) in [5, 5.41) is 12.5. The van der Waals surface area contributed by atoms with Crippen LogP contribution in [0, 0.1) is 5.92 Å². The fraction of sp³-hybridized carbons (Fsp3) is 0.900. The van der Waals surface area contributed by atoms with Crippen molar-refractivity contribution in [2.45, 2.75) is 25.3 Å². The number of aliphatic carboxylic acids is 1. The van der Waals surface area contributed by atoms with E-state index in [1.165, 1.54) is 0 Å². The van der Waals surface area contributed by atoms with Crippen molar-refractivity contribution < 1.29 is 9.90 Å². The fourth-order valence-corrected chi connectivity index (χ4v) is 2.21. The van der Waals surface area contributed by atoms with Crippen molar-refractivity contribution in [1.82, 2.24) is 10.2 Å². The van der Waals surface area contributed by atoms with Crippen molar-refractivity contribution in [2.24, 2.45) is 5.92 Å². The smallest absolute Gasteiger partial charge is 0.321 e. The molecule has 2 fully saturated rings. The topological polar surface area (TPSA) is 52.6 Å². The van der Waals surface area contributed by atoms with Crippen LogP contribution in [-0.4, -0.2) is 48.2 Å². The molecule has 1 unspecified atom stereocenters. The fourth-order valence-electron chi connectivity index (χ4n) is 2.21. The molecule has 4 nitrogen and oxygen atoms in total. The van der Waals surface area contributed by atoms with Gasteiger partial charge in [0.1, 0.15) is 6.04 Å². The monoisotopic (exact) mass is 198 g/mol. The zero-order chi connectivity index (χ0) is 9.97. The lowest BCUT2D eigenvalue weighted by molar-refractivity contribution is -0.144. The van der Waals surface area contributed by atoms with Gasteiger partial charge in [0.2, 0.25) is 0 Å². The number of carboxylic acid groups (broad SMARTS) is 1. The van der Waals surface area contributed by atoms with Gasteiger partial charge in [0.25, 0.3) is 0 Å². The van der Waals surface area contributed by atoms with E-state index in [1.54, 1.807) is 0 Å². The third-order valence-corrected chi connectivity index (χ3v) is 3.09. The second kappa shape index (κ2) is 4.28. The Kier molecular flexibility index (Phi) is 3.03. The largest absolute Gasteiger partial charge is 0.480 e. The summed E-state index contributed by atoms with van der Waals surface area (Å²) in [4.78, 5) is 13.3. The van der Waals surface area contributed by atoms with Crippen LogP contribution >= 0.6 is 0 Å². The Morgan fingerprint density at radius 2 is 2.14 bits per heavy atom. The van der Waals surface area contributed by atoms with Crippen molar-refractivity contribution in [3.8, 4) is 0 Å². The van der Waals surface area contributed by atoms with Crippen LogP contribution in [0.4, 0.5) is 0 Å². The lowest BCUT2D eigenvalue weighted by Gasteiger charge is -2.26. The molecule has 80 valence electrons. The summed E-state index contributed by atoms with van der Waals surface area (Å²) < 4.78 is 0. The number of nitrogens with zero attached hydrogens (tertiary/aromatic N) is 1. The van der Waals surface area contributed by atoms with Gasteiger partial charge in [0.15, 0.2) is 0 Å². The molecule has 4 heteroatoms. The van der Waals surface area contributed by atoms with Gasteiger partial charge in [-0.05, 0) is 31.7 Å². The van der Waals surface area contributed by atoms with Gasteiger partial charge < -0.3 is 10.4 Å². The van der Waals surface area contributed by atoms with Crippen LogP contribution < -0.4 is 5.32 Å². The molecule has 2 aliphatic rings. The lowest BCUT2D eigenvalue weighted by Crippen LogP contribution is -2.44. The summed E-state index contributed by atoms with van der Waals surface area (Å²) in [6.07, 6.45) is 3.26. The van der Waals surface area contributed by atoms with E-state index in [9.17, 15) is 4.79 Å². The molecule has 14 heavy (non-hydrogen) atoms. The van der Waals surface area contributed by atoms with Gasteiger partial charge in [-0.2, -0.15) is 0 Å². The Morgan fingerprint density at radius 3 is 2.79 bits per heavy atom. The molecule has 0 aromatic heterocycles. The number of carbonyl (C=O) groups is 1. The maximum atomic E-state index is 11.1. The molecule has 1 saturated carbocycles. The van der Waals surface area contributed by atoms with Crippen LogP contribution in [0.25, 0.3) is 0 Å². The Balaban J connectivity index is 1.97. The van der Waals surface area contributed by atoms with E-state index in [-0.39, 0.29) is 6.04 Å². The second-order valence-corrected chi connectivity index (χ2v) is 4.26. The first-order valence-electron chi connectivity index (χ1n) is 5.46. The maximum absolute atomic E-state index is 11.1. The SMILES string of the molecule is O=C(O)C(C1CC1)N1CCCNCC1. The molecule has 0 amide bonds. The molecule has 2 rings (SSSR count). The molecule has 2 N–H and O–H groups in total. The minimum atomic E-state index is -0.630. The third-order valence-electron chi connectivity index (χ3n) is 3.09. The Morgan fingerprint density at radius 1 is 1.36 bits per heavy atom. The summed E-state index contributed by atoms with van der Waals surface area (Å²) in [7, 11) is 0. The Hall–Kier alpha value is -0.610. The predicted molar refractivity (Wildman–Crippen MR) is 53.2 cm³/mol. The van der Waals surface area contributed by atoms with Gasteiger partial charge >= 0.3 is 5.97 Å². The number of carboxylic acids is 1. The molecule has 1 aliphatic heterocycles. The van der Waals surface area contributed by atoms with Crippen molar-refractivity contribution in [1.29, 1.82) is 0 Å². The van der Waals surface area contributed by atoms with E-state index >= 15 is 0 Å². The van der Waals surface area contributed by atoms with Crippen LogP contribution in [0.2, 0.25) is 0 Å². The summed E-state index contributed by atoms with van der Waals surface area (Å²) in [5.41, 5.74) is 0. The lowest BCUT2D eigenvalue weighted by atomic mass is 10.1. The Labute approximate surface area is 84.3 Å². The van der Waals surface area contributed by atoms with Crippen LogP contribution in [0.15, 0.2) is 0 Å². The van der Waals surface area contributed by atoms with E-state index < -0.39 is 5.97 Å². The molecule has 1 aliphatic carbocycles. The molecule has 0 bridgehead atoms. The van der Waals surface area contributed by atoms with Gasteiger partial charge in [-0.25, -0.2) is 0 Å². The molecule has 0 spiro atoms. The van der Waals surface area contributed by atoms with Gasteiger partial charge in [-0.1, -0.05) is 0 Å². The van der Waals surface area contributed by atoms with Gasteiger partial charge in [-0.15, -0.1) is 0 Å². The Bertz CT molecular complexity index is 208. The minimum absolute atomic E-state index is 0.213. The first-order chi connectivity index (χ1) is 6.79. The normalized spacial score (nSPS) is 26.9. The molecule has 0 aromatic rings. The molecule has 0 radical (unpaired) electrons. The van der Waals surface area contributed by atoms with Crippen molar-refractivity contribution in [3.63, 3.8) is 0 Å². The predicted octanol–water partition coefficient (Wildman–Crippen LogP) is 0.145. The molecule has 1 atom stereocenters. The van der Waals surface area contributed by atoms with E-state index in [2.05, 4.69) is 10.2 Å². The van der Waals surface area contributed by atoms with Crippen LogP contribution in [0.5, 0.6) is 0 Å². The first kappa shape index (κ1) is 9.93. The van der Waals surface area contributed by atoms with E-state index in [1.807, 2.05) is 0 Å². The second-order valence-electron chi connectivity index (χ2n) is 4.26. The summed E-state index contributed by atoms with van der Waals surface area (Å²) >= 11 is 0. The maximum Gasteiger partial charge on any atom is 0.321 e. The van der Waals surface area contributed by atoms with Crippen molar-refractivity contribution in [3.05, 3.63) is 0 Å². The summed E-state index contributed by atoms with van der Waals surface area (Å²) in [6.45, 7) is 3.76. The number of hydrogen-bond acceptors (Lipinski definition) is 3. The van der Waals surface area contributed by atoms with Crippen molar-refractivity contribution in [2.75, 3.05) is 26.2 Å². The van der Waals surface area contributed by atoms with Crippen LogP contribution in [0.3, 0.4) is 0 Å². The number of nitrogens with one attached hydrogen (secondary N) is 1. The molecular weight excluding hydrogens is 180 g/mol. The zero-order valence-corrected chi connectivity index (χ0v) is 8.41. The van der Waals surface area contributed by atoms with E-state index in [4.69, 9.17) is 5.11 Å². The van der Waals surface area contributed by atoms with Crippen LogP contribution in [0.1, 0.15) is 19.3 Å².